The molecule has 1 aliphatic rings. The fourth-order valence-corrected chi connectivity index (χ4v) is 3.51. The highest BCUT2D eigenvalue weighted by molar-refractivity contribution is 5.97. The second-order valence-electron chi connectivity index (χ2n) is 7.27. The van der Waals surface area contributed by atoms with Gasteiger partial charge in [0.25, 0.3) is 11.8 Å². The minimum atomic E-state index is -0.959. The lowest BCUT2D eigenvalue weighted by molar-refractivity contribution is -0.0462. The first-order valence-electron chi connectivity index (χ1n) is 10.0. The van der Waals surface area contributed by atoms with Gasteiger partial charge in [-0.05, 0) is 30.3 Å². The average molecular weight is 435 g/mol. The standard InChI is InChI=1S/C23H21N3O6/c27-14-18-17(28)13-20(32-18)25-12-11-19(24-21(29)15-7-3-1-4-8-15)26(23(25)31)22(30)16-9-5-2-6-10-16/h1-12,17-18,20,27-28H,13-14H2/t17-,18+,20+/m0/s1. The highest BCUT2D eigenvalue weighted by Gasteiger charge is 2.35. The van der Waals surface area contributed by atoms with Crippen molar-refractivity contribution in [3.05, 3.63) is 100 Å². The van der Waals surface area contributed by atoms with Crippen molar-refractivity contribution >= 4 is 11.8 Å². The van der Waals surface area contributed by atoms with Gasteiger partial charge in [-0.25, -0.2) is 9.36 Å². The number of carbonyl (C=O) groups excluding carboxylic acids is 2. The van der Waals surface area contributed by atoms with E-state index in [1.165, 1.54) is 12.3 Å². The van der Waals surface area contributed by atoms with Gasteiger partial charge in [-0.2, -0.15) is 4.99 Å². The van der Waals surface area contributed by atoms with E-state index in [2.05, 4.69) is 4.99 Å². The molecule has 1 aliphatic heterocycles. The number of nitrogens with zero attached hydrogens (tertiary/aromatic N) is 3. The van der Waals surface area contributed by atoms with Crippen LogP contribution in [0, 0.1) is 0 Å². The minimum Gasteiger partial charge on any atom is -0.394 e. The van der Waals surface area contributed by atoms with Crippen LogP contribution in [0.3, 0.4) is 0 Å². The highest BCUT2D eigenvalue weighted by Crippen LogP contribution is 2.27. The van der Waals surface area contributed by atoms with Gasteiger partial charge in [-0.3, -0.25) is 14.2 Å². The Balaban J connectivity index is 1.84. The van der Waals surface area contributed by atoms with E-state index in [1.807, 2.05) is 0 Å². The molecule has 3 aromatic rings. The Morgan fingerprint density at radius 3 is 2.22 bits per heavy atom. The van der Waals surface area contributed by atoms with Gasteiger partial charge in [-0.15, -0.1) is 0 Å². The van der Waals surface area contributed by atoms with E-state index in [4.69, 9.17) is 4.74 Å². The average Bonchev–Trinajstić information content (AvgIpc) is 3.20. The van der Waals surface area contributed by atoms with Crippen LogP contribution in [0.15, 0.2) is 82.7 Å². The van der Waals surface area contributed by atoms with Gasteiger partial charge < -0.3 is 14.9 Å². The molecule has 2 heterocycles. The molecule has 1 amide bonds. The largest absolute Gasteiger partial charge is 0.394 e. The molecule has 0 radical (unpaired) electrons. The van der Waals surface area contributed by atoms with Crippen molar-refractivity contribution in [2.45, 2.75) is 24.9 Å². The molecule has 0 spiro atoms. The molecule has 0 aliphatic carbocycles. The molecule has 32 heavy (non-hydrogen) atoms. The number of rotatable bonds is 4. The van der Waals surface area contributed by atoms with Crippen LogP contribution in [0.25, 0.3) is 0 Å². The normalized spacial score (nSPS) is 20.9. The smallest absolute Gasteiger partial charge is 0.339 e. The van der Waals surface area contributed by atoms with Crippen LogP contribution >= 0.6 is 0 Å². The summed E-state index contributed by atoms with van der Waals surface area (Å²) in [6, 6.07) is 17.8. The number of benzene rings is 2. The summed E-state index contributed by atoms with van der Waals surface area (Å²) in [5.74, 6) is -1.27. The molecule has 9 nitrogen and oxygen atoms in total. The number of carbonyl (C=O) groups is 2. The van der Waals surface area contributed by atoms with Crippen LogP contribution in [-0.4, -0.2) is 50.0 Å². The second-order valence-corrected chi connectivity index (χ2v) is 7.27. The zero-order chi connectivity index (χ0) is 22.7. The van der Waals surface area contributed by atoms with Crippen molar-refractivity contribution < 1.29 is 24.5 Å². The molecule has 1 saturated heterocycles. The third-order valence-electron chi connectivity index (χ3n) is 5.18. The Morgan fingerprint density at radius 1 is 1.00 bits per heavy atom. The number of amides is 1. The molecule has 0 unspecified atom stereocenters. The fourth-order valence-electron chi connectivity index (χ4n) is 3.51. The first kappa shape index (κ1) is 21.6. The van der Waals surface area contributed by atoms with Gasteiger partial charge >= 0.3 is 5.69 Å². The predicted molar refractivity (Wildman–Crippen MR) is 113 cm³/mol. The zero-order valence-corrected chi connectivity index (χ0v) is 16.9. The summed E-state index contributed by atoms with van der Waals surface area (Å²) in [4.78, 5) is 43.2. The highest BCUT2D eigenvalue weighted by atomic mass is 16.5. The van der Waals surface area contributed by atoms with E-state index >= 15 is 0 Å². The van der Waals surface area contributed by atoms with Crippen molar-refractivity contribution in [3.8, 4) is 0 Å². The molecule has 0 saturated carbocycles. The third-order valence-corrected chi connectivity index (χ3v) is 5.18. The fraction of sp³-hybridized carbons (Fsp3) is 0.217. The molecule has 2 N–H and O–H groups in total. The van der Waals surface area contributed by atoms with Crippen molar-refractivity contribution in [2.75, 3.05) is 6.61 Å². The van der Waals surface area contributed by atoms with E-state index in [1.54, 1.807) is 60.7 Å². The summed E-state index contributed by atoms with van der Waals surface area (Å²) >= 11 is 0. The van der Waals surface area contributed by atoms with Gasteiger partial charge in [0.2, 0.25) is 0 Å². The van der Waals surface area contributed by atoms with E-state index in [9.17, 15) is 24.6 Å². The molecule has 4 rings (SSSR count). The van der Waals surface area contributed by atoms with E-state index in [-0.39, 0.29) is 17.5 Å². The van der Waals surface area contributed by atoms with Crippen LogP contribution < -0.4 is 11.2 Å². The SMILES string of the molecule is O=C(N=c1ccn([C@H]2C[C@H](O)[C@@H](CO)O2)c(=O)n1C(=O)c1ccccc1)c1ccccc1. The van der Waals surface area contributed by atoms with Gasteiger partial charge in [0.1, 0.15) is 17.8 Å². The van der Waals surface area contributed by atoms with Crippen molar-refractivity contribution in [3.63, 3.8) is 0 Å². The molecule has 164 valence electrons. The maximum absolute atomic E-state index is 13.3. The Labute approximate surface area is 182 Å². The lowest BCUT2D eigenvalue weighted by Crippen LogP contribution is -2.45. The van der Waals surface area contributed by atoms with Gasteiger partial charge in [0.15, 0.2) is 0 Å². The lowest BCUT2D eigenvalue weighted by Gasteiger charge is -2.16. The summed E-state index contributed by atoms with van der Waals surface area (Å²) in [7, 11) is 0. The van der Waals surface area contributed by atoms with Crippen molar-refractivity contribution in [1.29, 1.82) is 0 Å². The molecule has 3 atom stereocenters. The van der Waals surface area contributed by atoms with Crippen LogP contribution in [0.1, 0.15) is 33.4 Å². The number of ether oxygens (including phenoxy) is 1. The minimum absolute atomic E-state index is 0.0596. The van der Waals surface area contributed by atoms with E-state index < -0.39 is 42.5 Å². The molecule has 1 aromatic heterocycles. The Kier molecular flexibility index (Phi) is 6.22. The maximum atomic E-state index is 13.3. The van der Waals surface area contributed by atoms with E-state index in [0.717, 1.165) is 9.13 Å². The summed E-state index contributed by atoms with van der Waals surface area (Å²) in [5.41, 5.74) is -0.372. The third kappa shape index (κ3) is 4.22. The first-order chi connectivity index (χ1) is 15.5. The number of aromatic nitrogens is 2. The molecule has 9 heteroatoms. The summed E-state index contributed by atoms with van der Waals surface area (Å²) in [6.07, 6.45) is -1.27. The molecular formula is C23H21N3O6. The molecular weight excluding hydrogens is 414 g/mol. The van der Waals surface area contributed by atoms with Gasteiger partial charge in [0, 0.05) is 23.7 Å². The van der Waals surface area contributed by atoms with Crippen LogP contribution in [0.4, 0.5) is 0 Å². The second kappa shape index (κ2) is 9.23. The van der Waals surface area contributed by atoms with Crippen LogP contribution in [-0.2, 0) is 4.74 Å². The van der Waals surface area contributed by atoms with Crippen LogP contribution in [0.5, 0.6) is 0 Å². The number of aliphatic hydroxyl groups is 2. The quantitative estimate of drug-likeness (QED) is 0.623. The van der Waals surface area contributed by atoms with E-state index in [0.29, 0.717) is 5.56 Å². The van der Waals surface area contributed by atoms with Crippen molar-refractivity contribution in [1.82, 2.24) is 9.13 Å². The number of hydrogen-bond donors (Lipinski definition) is 2. The summed E-state index contributed by atoms with van der Waals surface area (Å²) in [5, 5.41) is 19.4. The number of aliphatic hydroxyl groups excluding tert-OH is 2. The zero-order valence-electron chi connectivity index (χ0n) is 16.9. The lowest BCUT2D eigenvalue weighted by atomic mass is 10.2. The summed E-state index contributed by atoms with van der Waals surface area (Å²) in [6.45, 7) is -0.408. The molecule has 2 aromatic carbocycles. The predicted octanol–water partition coefficient (Wildman–Crippen LogP) is 0.720. The summed E-state index contributed by atoms with van der Waals surface area (Å²) < 4.78 is 7.51. The number of hydrogen-bond acceptors (Lipinski definition) is 6. The Morgan fingerprint density at radius 2 is 1.62 bits per heavy atom. The first-order valence-corrected chi connectivity index (χ1v) is 10.0. The van der Waals surface area contributed by atoms with Gasteiger partial charge in [-0.1, -0.05) is 36.4 Å². The van der Waals surface area contributed by atoms with Crippen LogP contribution in [0.2, 0.25) is 0 Å². The maximum Gasteiger partial charge on any atom is 0.339 e. The Hall–Kier alpha value is -3.66. The topological polar surface area (TPSA) is 123 Å². The van der Waals surface area contributed by atoms with Gasteiger partial charge in [0.05, 0.1) is 12.7 Å². The van der Waals surface area contributed by atoms with Crippen molar-refractivity contribution in [2.24, 2.45) is 4.99 Å². The monoisotopic (exact) mass is 435 g/mol. The molecule has 0 bridgehead atoms. The Bertz CT molecular complexity index is 1250. The molecule has 1 fully saturated rings.